The average Bonchev–Trinajstić information content (AvgIpc) is 2.59. The molecule has 1 nitrogen and oxygen atoms in total. The van der Waals surface area contributed by atoms with Gasteiger partial charge in [0.2, 0.25) is 0 Å². The Kier molecular flexibility index (Phi) is 4.92. The zero-order valence-corrected chi connectivity index (χ0v) is 14.7. The molecule has 0 saturated heterocycles. The zero-order chi connectivity index (χ0) is 15.4. The van der Waals surface area contributed by atoms with Crippen molar-refractivity contribution >= 4 is 39.8 Å². The molecule has 0 unspecified atom stereocenters. The average molecular weight is 371 g/mol. The van der Waals surface area contributed by atoms with Crippen molar-refractivity contribution in [3.63, 3.8) is 0 Å². The summed E-state index contributed by atoms with van der Waals surface area (Å²) >= 11 is 3.72. The number of benzene rings is 3. The predicted molar refractivity (Wildman–Crippen MR) is 99.4 cm³/mol. The Hall–Kier alpha value is -1.63. The molecule has 0 atom stereocenters. The first kappa shape index (κ1) is 15.3. The molecule has 0 amide bonds. The molecule has 0 saturated carbocycles. The monoisotopic (exact) mass is 370 g/mol. The van der Waals surface area contributed by atoms with E-state index < -0.39 is 7.92 Å². The summed E-state index contributed by atoms with van der Waals surface area (Å²) in [6, 6.07) is 27.5. The minimum atomic E-state index is -0.616. The molecule has 3 rings (SSSR count). The van der Waals surface area contributed by atoms with Gasteiger partial charge in [0.1, 0.15) is 5.75 Å². The van der Waals surface area contributed by atoms with E-state index in [1.807, 2.05) is 6.07 Å². The van der Waals surface area contributed by atoms with E-state index >= 15 is 0 Å². The molecule has 3 aromatic carbocycles. The molecule has 0 aliphatic carbocycles. The van der Waals surface area contributed by atoms with Crippen molar-refractivity contribution in [1.82, 2.24) is 0 Å². The fraction of sp³-hybridized carbons (Fsp3) is 0.0526. The third-order valence-corrected chi connectivity index (χ3v) is 6.90. The number of hydrogen-bond acceptors (Lipinski definition) is 1. The molecular weight excluding hydrogens is 355 g/mol. The minimum absolute atomic E-state index is 0.616. The molecule has 22 heavy (non-hydrogen) atoms. The normalized spacial score (nSPS) is 10.7. The van der Waals surface area contributed by atoms with Gasteiger partial charge in [0.25, 0.3) is 0 Å². The molecule has 3 heteroatoms. The number of rotatable bonds is 4. The molecule has 110 valence electrons. The highest BCUT2D eigenvalue weighted by Gasteiger charge is 2.19. The van der Waals surface area contributed by atoms with Gasteiger partial charge in [0, 0.05) is 9.78 Å². The summed E-state index contributed by atoms with van der Waals surface area (Å²) in [4.78, 5) is 0. The van der Waals surface area contributed by atoms with Crippen molar-refractivity contribution in [3.8, 4) is 5.75 Å². The lowest BCUT2D eigenvalue weighted by Gasteiger charge is -2.21. The zero-order valence-electron chi connectivity index (χ0n) is 12.2. The molecule has 0 N–H and O–H groups in total. The van der Waals surface area contributed by atoms with E-state index in [0.29, 0.717) is 0 Å². The minimum Gasteiger partial charge on any atom is -0.497 e. The molecule has 3 aromatic rings. The second-order valence-corrected chi connectivity index (χ2v) is 7.86. The standard InChI is InChI=1S/C19H16BrOP/c1-21-15-12-13-18(20)19(14-15)22(16-8-4-2-5-9-16)17-10-6-3-7-11-17/h2-14H,1H3. The van der Waals surface area contributed by atoms with Gasteiger partial charge in [0.05, 0.1) is 7.11 Å². The topological polar surface area (TPSA) is 9.23 Å². The summed E-state index contributed by atoms with van der Waals surface area (Å²) in [7, 11) is 1.09. The summed E-state index contributed by atoms with van der Waals surface area (Å²) in [6.07, 6.45) is 0. The summed E-state index contributed by atoms with van der Waals surface area (Å²) < 4.78 is 6.54. The van der Waals surface area contributed by atoms with Crippen molar-refractivity contribution in [2.24, 2.45) is 0 Å². The van der Waals surface area contributed by atoms with Crippen molar-refractivity contribution in [1.29, 1.82) is 0 Å². The molecule has 0 aliphatic rings. The van der Waals surface area contributed by atoms with Crippen LogP contribution in [0.2, 0.25) is 0 Å². The summed E-state index contributed by atoms with van der Waals surface area (Å²) in [5.74, 6) is 0.887. The lowest BCUT2D eigenvalue weighted by molar-refractivity contribution is 0.415. The number of hydrogen-bond donors (Lipinski definition) is 0. The van der Waals surface area contributed by atoms with Gasteiger partial charge in [0.15, 0.2) is 0 Å². The quantitative estimate of drug-likeness (QED) is 0.625. The summed E-state index contributed by atoms with van der Waals surface area (Å²) in [5, 5.41) is 3.93. The SMILES string of the molecule is COc1ccc(Br)c(P(c2ccccc2)c2ccccc2)c1. The van der Waals surface area contributed by atoms with E-state index in [-0.39, 0.29) is 0 Å². The number of methoxy groups -OCH3 is 1. The van der Waals surface area contributed by atoms with Crippen LogP contribution in [0.5, 0.6) is 5.75 Å². The molecule has 0 bridgehead atoms. The van der Waals surface area contributed by atoms with Gasteiger partial charge in [-0.3, -0.25) is 0 Å². The fourth-order valence-electron chi connectivity index (χ4n) is 2.37. The van der Waals surface area contributed by atoms with Crippen LogP contribution in [0.1, 0.15) is 0 Å². The van der Waals surface area contributed by atoms with Crippen LogP contribution >= 0.6 is 23.9 Å². The summed E-state index contributed by atoms with van der Waals surface area (Å²) in [6.45, 7) is 0. The van der Waals surface area contributed by atoms with Crippen LogP contribution < -0.4 is 20.7 Å². The van der Waals surface area contributed by atoms with E-state index in [1.165, 1.54) is 15.9 Å². The first-order valence-electron chi connectivity index (χ1n) is 7.03. The smallest absolute Gasteiger partial charge is 0.119 e. The van der Waals surface area contributed by atoms with Crippen LogP contribution in [0.25, 0.3) is 0 Å². The maximum absolute atomic E-state index is 5.42. The van der Waals surface area contributed by atoms with Crippen molar-refractivity contribution in [3.05, 3.63) is 83.3 Å². The van der Waals surface area contributed by atoms with Gasteiger partial charge in [-0.05, 0) is 36.7 Å². The first-order valence-corrected chi connectivity index (χ1v) is 9.17. The van der Waals surface area contributed by atoms with Gasteiger partial charge >= 0.3 is 0 Å². The van der Waals surface area contributed by atoms with Gasteiger partial charge in [-0.15, -0.1) is 0 Å². The van der Waals surface area contributed by atoms with Crippen LogP contribution in [0.3, 0.4) is 0 Å². The van der Waals surface area contributed by atoms with Crippen LogP contribution in [-0.2, 0) is 0 Å². The van der Waals surface area contributed by atoms with Crippen molar-refractivity contribution in [2.45, 2.75) is 0 Å². The number of halogens is 1. The molecular formula is C19H16BrOP. The van der Waals surface area contributed by atoms with E-state index in [0.717, 1.165) is 10.2 Å². The van der Waals surface area contributed by atoms with E-state index in [2.05, 4.69) is 88.7 Å². The Bertz CT molecular complexity index is 704. The van der Waals surface area contributed by atoms with Crippen LogP contribution in [0.4, 0.5) is 0 Å². The molecule has 0 aliphatic heterocycles. The Morgan fingerprint density at radius 2 is 1.32 bits per heavy atom. The highest BCUT2D eigenvalue weighted by atomic mass is 79.9. The maximum atomic E-state index is 5.42. The Labute approximate surface area is 140 Å². The summed E-state index contributed by atoms with van der Waals surface area (Å²) in [5.41, 5.74) is 0. The van der Waals surface area contributed by atoms with E-state index in [1.54, 1.807) is 7.11 Å². The fourth-order valence-corrected chi connectivity index (χ4v) is 5.49. The molecule has 0 fully saturated rings. The third-order valence-electron chi connectivity index (χ3n) is 3.42. The highest BCUT2D eigenvalue weighted by Crippen LogP contribution is 2.36. The largest absolute Gasteiger partial charge is 0.497 e. The Morgan fingerprint density at radius 1 is 0.773 bits per heavy atom. The number of ether oxygens (including phenoxy) is 1. The Balaban J connectivity index is 2.18. The van der Waals surface area contributed by atoms with Gasteiger partial charge in [-0.25, -0.2) is 0 Å². The second-order valence-electron chi connectivity index (χ2n) is 4.82. The Morgan fingerprint density at radius 3 is 1.82 bits per heavy atom. The van der Waals surface area contributed by atoms with Crippen LogP contribution in [-0.4, -0.2) is 7.11 Å². The van der Waals surface area contributed by atoms with Gasteiger partial charge in [-0.2, -0.15) is 0 Å². The second kappa shape index (κ2) is 7.09. The predicted octanol–water partition coefficient (Wildman–Crippen LogP) is 4.22. The molecule has 0 heterocycles. The lowest BCUT2D eigenvalue weighted by Crippen LogP contribution is -2.21. The van der Waals surface area contributed by atoms with E-state index in [4.69, 9.17) is 4.74 Å². The van der Waals surface area contributed by atoms with Crippen molar-refractivity contribution < 1.29 is 4.74 Å². The van der Waals surface area contributed by atoms with Gasteiger partial charge in [-0.1, -0.05) is 76.6 Å². The van der Waals surface area contributed by atoms with Crippen LogP contribution in [0.15, 0.2) is 83.3 Å². The molecule has 0 aromatic heterocycles. The van der Waals surface area contributed by atoms with Gasteiger partial charge < -0.3 is 4.74 Å². The molecule has 0 spiro atoms. The lowest BCUT2D eigenvalue weighted by atomic mass is 10.3. The molecule has 0 radical (unpaired) electrons. The van der Waals surface area contributed by atoms with E-state index in [9.17, 15) is 0 Å². The van der Waals surface area contributed by atoms with Crippen LogP contribution in [0, 0.1) is 0 Å². The maximum Gasteiger partial charge on any atom is 0.119 e. The third kappa shape index (κ3) is 3.24. The van der Waals surface area contributed by atoms with Crippen molar-refractivity contribution in [2.75, 3.05) is 7.11 Å². The highest BCUT2D eigenvalue weighted by molar-refractivity contribution is 9.10. The first-order chi connectivity index (χ1) is 10.8.